The Kier molecular flexibility index (Phi) is 7.03. The van der Waals surface area contributed by atoms with Crippen LogP contribution in [0, 0.1) is 0 Å². The van der Waals surface area contributed by atoms with Crippen LogP contribution in [0.25, 0.3) is 0 Å². The molecule has 3 N–H and O–H groups in total. The number of nitrogens with two attached hydrogens (primary N) is 1. The van der Waals surface area contributed by atoms with Gasteiger partial charge in [0.2, 0.25) is 5.91 Å². The van der Waals surface area contributed by atoms with Crippen molar-refractivity contribution >= 4 is 17.7 Å². The van der Waals surface area contributed by atoms with Gasteiger partial charge in [0, 0.05) is 13.6 Å². The van der Waals surface area contributed by atoms with Crippen molar-refractivity contribution in [3.63, 3.8) is 0 Å². The van der Waals surface area contributed by atoms with Crippen LogP contribution in [-0.2, 0) is 4.79 Å². The molecular weight excluding hydrogens is 188 g/mol. The average Bonchev–Trinajstić information content (AvgIpc) is 2.13. The van der Waals surface area contributed by atoms with Gasteiger partial charge >= 0.3 is 0 Å². The van der Waals surface area contributed by atoms with E-state index in [0.717, 1.165) is 5.75 Å². The molecule has 4 nitrogen and oxygen atoms in total. The van der Waals surface area contributed by atoms with Crippen LogP contribution in [-0.4, -0.2) is 54.2 Å². The quantitative estimate of drug-likeness (QED) is 0.616. The van der Waals surface area contributed by atoms with Crippen LogP contribution < -0.4 is 5.73 Å². The normalized spacial score (nSPS) is 12.6. The van der Waals surface area contributed by atoms with Crippen LogP contribution in [0.1, 0.15) is 6.42 Å². The lowest BCUT2D eigenvalue weighted by Crippen LogP contribution is -2.43. The zero-order chi connectivity index (χ0) is 10.3. The summed E-state index contributed by atoms with van der Waals surface area (Å²) in [5, 5.41) is 8.60. The Balaban J connectivity index is 3.79. The van der Waals surface area contributed by atoms with Gasteiger partial charge in [-0.25, -0.2) is 0 Å². The van der Waals surface area contributed by atoms with Crippen LogP contribution in [0.3, 0.4) is 0 Å². The molecule has 0 heterocycles. The summed E-state index contributed by atoms with van der Waals surface area (Å²) in [5.41, 5.74) is 5.65. The van der Waals surface area contributed by atoms with Crippen molar-refractivity contribution in [2.45, 2.75) is 12.5 Å². The lowest BCUT2D eigenvalue weighted by atomic mass is 10.2. The number of nitrogens with zero attached hydrogens (tertiary/aromatic N) is 1. The highest BCUT2D eigenvalue weighted by Gasteiger charge is 2.16. The van der Waals surface area contributed by atoms with Gasteiger partial charge in [0.25, 0.3) is 0 Å². The third-order valence-electron chi connectivity index (χ3n) is 1.76. The van der Waals surface area contributed by atoms with E-state index >= 15 is 0 Å². The molecule has 0 aromatic rings. The lowest BCUT2D eigenvalue weighted by Gasteiger charge is -2.19. The van der Waals surface area contributed by atoms with E-state index in [0.29, 0.717) is 13.0 Å². The molecule has 0 aliphatic rings. The predicted octanol–water partition coefficient (Wildman–Crippen LogP) is -0.482. The molecule has 1 unspecified atom stereocenters. The van der Waals surface area contributed by atoms with E-state index in [4.69, 9.17) is 10.8 Å². The van der Waals surface area contributed by atoms with Crippen molar-refractivity contribution in [2.75, 3.05) is 32.2 Å². The largest absolute Gasteiger partial charge is 0.395 e. The lowest BCUT2D eigenvalue weighted by molar-refractivity contribution is -0.131. The molecule has 0 aliphatic heterocycles. The van der Waals surface area contributed by atoms with Gasteiger partial charge in [-0.3, -0.25) is 4.79 Å². The molecule has 1 atom stereocenters. The first kappa shape index (κ1) is 12.7. The van der Waals surface area contributed by atoms with Gasteiger partial charge in [0.1, 0.15) is 0 Å². The summed E-state index contributed by atoms with van der Waals surface area (Å²) in [6, 6.07) is -0.427. The number of hydrogen-bond donors (Lipinski definition) is 2. The fourth-order valence-electron chi connectivity index (χ4n) is 0.912. The molecule has 0 aromatic carbocycles. The Labute approximate surface area is 83.5 Å². The first-order chi connectivity index (χ1) is 6.13. The highest BCUT2D eigenvalue weighted by atomic mass is 32.2. The number of carbonyl (C=O) groups is 1. The highest BCUT2D eigenvalue weighted by molar-refractivity contribution is 7.98. The maximum atomic E-state index is 11.4. The topological polar surface area (TPSA) is 66.6 Å². The van der Waals surface area contributed by atoms with Crippen LogP contribution >= 0.6 is 11.8 Å². The summed E-state index contributed by atoms with van der Waals surface area (Å²) >= 11 is 1.67. The molecule has 0 aliphatic carbocycles. The second kappa shape index (κ2) is 7.17. The van der Waals surface area contributed by atoms with E-state index in [9.17, 15) is 4.79 Å². The van der Waals surface area contributed by atoms with Crippen molar-refractivity contribution < 1.29 is 9.90 Å². The number of aliphatic hydroxyl groups is 1. The number of thioether (sulfide) groups is 1. The average molecular weight is 206 g/mol. The third-order valence-corrected chi connectivity index (χ3v) is 2.41. The second-order valence-electron chi connectivity index (χ2n) is 2.87. The van der Waals surface area contributed by atoms with Gasteiger partial charge in [-0.1, -0.05) is 0 Å². The number of carbonyl (C=O) groups excluding carboxylic acids is 1. The molecule has 0 aromatic heterocycles. The number of aliphatic hydroxyl groups excluding tert-OH is 1. The van der Waals surface area contributed by atoms with Crippen molar-refractivity contribution in [1.29, 1.82) is 0 Å². The van der Waals surface area contributed by atoms with Gasteiger partial charge in [-0.2, -0.15) is 11.8 Å². The molecule has 0 fully saturated rings. The Morgan fingerprint density at radius 3 is 2.77 bits per heavy atom. The molecule has 0 radical (unpaired) electrons. The molecule has 5 heteroatoms. The molecule has 0 saturated carbocycles. The molecule has 13 heavy (non-hydrogen) atoms. The minimum absolute atomic E-state index is 0.0164. The Hall–Kier alpha value is -0.260. The SMILES string of the molecule is CSCCC(N)C(=O)N(C)CCO. The van der Waals surface area contributed by atoms with E-state index < -0.39 is 6.04 Å². The van der Waals surface area contributed by atoms with Gasteiger partial charge in [0.05, 0.1) is 12.6 Å². The van der Waals surface area contributed by atoms with E-state index in [1.54, 1.807) is 18.8 Å². The smallest absolute Gasteiger partial charge is 0.239 e. The minimum Gasteiger partial charge on any atom is -0.395 e. The Morgan fingerprint density at radius 1 is 1.69 bits per heavy atom. The highest BCUT2D eigenvalue weighted by Crippen LogP contribution is 2.01. The first-order valence-electron chi connectivity index (χ1n) is 4.23. The van der Waals surface area contributed by atoms with E-state index in [1.165, 1.54) is 4.90 Å². The van der Waals surface area contributed by atoms with E-state index in [1.807, 2.05) is 6.26 Å². The van der Waals surface area contributed by atoms with Crippen molar-refractivity contribution in [1.82, 2.24) is 4.90 Å². The van der Waals surface area contributed by atoms with Crippen LogP contribution in [0.4, 0.5) is 0 Å². The molecule has 0 spiro atoms. The summed E-state index contributed by atoms with van der Waals surface area (Å²) < 4.78 is 0. The van der Waals surface area contributed by atoms with Crippen LogP contribution in [0.15, 0.2) is 0 Å². The summed E-state index contributed by atoms with van der Waals surface area (Å²) in [6.45, 7) is 0.337. The first-order valence-corrected chi connectivity index (χ1v) is 5.63. The molecule has 1 amide bonds. The van der Waals surface area contributed by atoms with Gasteiger partial charge in [-0.05, 0) is 18.4 Å². The summed E-state index contributed by atoms with van der Waals surface area (Å²) in [6.07, 6.45) is 2.67. The summed E-state index contributed by atoms with van der Waals surface area (Å²) in [7, 11) is 1.65. The number of likely N-dealkylation sites (N-methyl/N-ethyl adjacent to an activating group) is 1. The zero-order valence-electron chi connectivity index (χ0n) is 8.19. The second-order valence-corrected chi connectivity index (χ2v) is 3.86. The predicted molar refractivity (Wildman–Crippen MR) is 55.7 cm³/mol. The molecule has 0 rings (SSSR count). The fraction of sp³-hybridized carbons (Fsp3) is 0.875. The molecule has 0 saturated heterocycles. The van der Waals surface area contributed by atoms with E-state index in [-0.39, 0.29) is 12.5 Å². The fourth-order valence-corrected chi connectivity index (χ4v) is 1.40. The molecular formula is C8H18N2O2S. The van der Waals surface area contributed by atoms with Gasteiger partial charge in [0.15, 0.2) is 0 Å². The Bertz CT molecular complexity index is 155. The number of amides is 1. The van der Waals surface area contributed by atoms with Gasteiger partial charge in [-0.15, -0.1) is 0 Å². The standard InChI is InChI=1S/C8H18N2O2S/c1-10(4-5-11)8(12)7(9)3-6-13-2/h7,11H,3-6,9H2,1-2H3. The maximum absolute atomic E-state index is 11.4. The van der Waals surface area contributed by atoms with Crippen molar-refractivity contribution in [3.8, 4) is 0 Å². The monoisotopic (exact) mass is 206 g/mol. The maximum Gasteiger partial charge on any atom is 0.239 e. The van der Waals surface area contributed by atoms with Crippen LogP contribution in [0.5, 0.6) is 0 Å². The summed E-state index contributed by atoms with van der Waals surface area (Å²) in [5.74, 6) is 0.794. The molecule has 78 valence electrons. The summed E-state index contributed by atoms with van der Waals surface area (Å²) in [4.78, 5) is 12.9. The van der Waals surface area contributed by atoms with Crippen molar-refractivity contribution in [3.05, 3.63) is 0 Å². The third kappa shape index (κ3) is 5.13. The number of hydrogen-bond acceptors (Lipinski definition) is 4. The van der Waals surface area contributed by atoms with Crippen molar-refractivity contribution in [2.24, 2.45) is 5.73 Å². The van der Waals surface area contributed by atoms with Crippen LogP contribution in [0.2, 0.25) is 0 Å². The zero-order valence-corrected chi connectivity index (χ0v) is 9.01. The minimum atomic E-state index is -0.427. The van der Waals surface area contributed by atoms with Gasteiger partial charge < -0.3 is 15.7 Å². The molecule has 0 bridgehead atoms. The Morgan fingerprint density at radius 2 is 2.31 bits per heavy atom. The number of rotatable bonds is 6. The van der Waals surface area contributed by atoms with E-state index in [2.05, 4.69) is 0 Å².